The molecule has 5 nitrogen and oxygen atoms in total. The van der Waals surface area contributed by atoms with E-state index < -0.39 is 9.24 Å². The molecule has 1 fully saturated rings. The Hall–Kier alpha value is 0.120. The summed E-state index contributed by atoms with van der Waals surface area (Å²) in [6, 6.07) is 0. The van der Waals surface area contributed by atoms with Gasteiger partial charge in [-0.3, -0.25) is 5.32 Å². The average molecular weight is 187 g/mol. The molecule has 0 amide bonds. The third-order valence-electron chi connectivity index (χ3n) is 0.999. The van der Waals surface area contributed by atoms with Crippen molar-refractivity contribution in [2.24, 2.45) is 0 Å². The van der Waals surface area contributed by atoms with Gasteiger partial charge in [-0.15, -0.1) is 0 Å². The van der Waals surface area contributed by atoms with Crippen LogP contribution < -0.4 is 10.0 Å². The highest BCUT2D eigenvalue weighted by Crippen LogP contribution is 1.96. The van der Waals surface area contributed by atoms with Crippen LogP contribution in [0.25, 0.3) is 0 Å². The molecule has 60 valence electrons. The Kier molecular flexibility index (Phi) is 2.48. The van der Waals surface area contributed by atoms with E-state index in [1.165, 1.54) is 0 Å². The minimum absolute atomic E-state index is 0.311. The minimum atomic E-state index is -3.63. The second-order valence-corrected chi connectivity index (χ2v) is 4.16. The smallest absolute Gasteiger partial charge is 0.298 e. The molecule has 1 atom stereocenters. The van der Waals surface area contributed by atoms with Gasteiger partial charge in [0, 0.05) is 10.7 Å². The van der Waals surface area contributed by atoms with Crippen molar-refractivity contribution in [1.29, 1.82) is 0 Å². The van der Waals surface area contributed by atoms with Crippen LogP contribution in [0.1, 0.15) is 0 Å². The van der Waals surface area contributed by atoms with Gasteiger partial charge in [-0.1, -0.05) is 0 Å². The van der Waals surface area contributed by atoms with E-state index in [0.29, 0.717) is 13.3 Å². The summed E-state index contributed by atoms with van der Waals surface area (Å²) in [6.07, 6.45) is -0.387. The number of hydrogen-bond donors (Lipinski definition) is 2. The maximum Gasteiger partial charge on any atom is 0.298 e. The van der Waals surface area contributed by atoms with E-state index in [1.54, 1.807) is 0 Å². The predicted molar refractivity (Wildman–Crippen MR) is 35.7 cm³/mol. The predicted octanol–water partition coefficient (Wildman–Crippen LogP) is -1.04. The fraction of sp³-hybridized carbons (Fsp3) is 1.00. The number of hydrogen-bond acceptors (Lipinski definition) is 4. The lowest BCUT2D eigenvalue weighted by Crippen LogP contribution is -2.40. The quantitative estimate of drug-likeness (QED) is 0.541. The Morgan fingerprint density at radius 3 is 2.80 bits per heavy atom. The van der Waals surface area contributed by atoms with Crippen molar-refractivity contribution in [2.45, 2.75) is 6.17 Å². The molecular weight excluding hydrogens is 180 g/mol. The van der Waals surface area contributed by atoms with Gasteiger partial charge in [-0.05, 0) is 0 Å². The summed E-state index contributed by atoms with van der Waals surface area (Å²) in [6.45, 7) is 0.663. The van der Waals surface area contributed by atoms with E-state index in [9.17, 15) is 8.42 Å². The lowest BCUT2D eigenvalue weighted by atomic mass is 10.6. The molecule has 1 saturated heterocycles. The van der Waals surface area contributed by atoms with Crippen LogP contribution in [-0.4, -0.2) is 27.9 Å². The molecule has 0 aliphatic carbocycles. The summed E-state index contributed by atoms with van der Waals surface area (Å²) in [7, 11) is 1.25. The van der Waals surface area contributed by atoms with E-state index in [0.717, 1.165) is 0 Å². The van der Waals surface area contributed by atoms with Crippen LogP contribution in [0.3, 0.4) is 0 Å². The van der Waals surface area contributed by atoms with Gasteiger partial charge in [-0.2, -0.15) is 13.1 Å². The lowest BCUT2D eigenvalue weighted by Gasteiger charge is -2.05. The van der Waals surface area contributed by atoms with E-state index >= 15 is 0 Å². The van der Waals surface area contributed by atoms with Crippen LogP contribution in [0, 0.1) is 0 Å². The van der Waals surface area contributed by atoms with E-state index in [1.807, 2.05) is 0 Å². The number of nitrogens with one attached hydrogen (secondary N) is 2. The third-order valence-corrected chi connectivity index (χ3v) is 1.83. The van der Waals surface area contributed by atoms with Gasteiger partial charge in [0.15, 0.2) is 0 Å². The first-order valence-electron chi connectivity index (χ1n) is 2.61. The molecule has 0 bridgehead atoms. The molecule has 0 aromatic heterocycles. The molecule has 1 rings (SSSR count). The van der Waals surface area contributed by atoms with Crippen LogP contribution in [0.5, 0.6) is 0 Å². The lowest BCUT2D eigenvalue weighted by molar-refractivity contribution is 0.189. The van der Waals surface area contributed by atoms with Crippen LogP contribution >= 0.6 is 10.7 Å². The fourth-order valence-electron chi connectivity index (χ4n) is 0.641. The van der Waals surface area contributed by atoms with Crippen molar-refractivity contribution in [3.05, 3.63) is 0 Å². The molecule has 7 heteroatoms. The number of halogens is 1. The van der Waals surface area contributed by atoms with Gasteiger partial charge in [-0.25, -0.2) is 0 Å². The summed E-state index contributed by atoms with van der Waals surface area (Å²) in [4.78, 5) is 0. The van der Waals surface area contributed by atoms with Crippen molar-refractivity contribution in [3.8, 4) is 0 Å². The fourth-order valence-corrected chi connectivity index (χ4v) is 1.45. The Morgan fingerprint density at radius 1 is 1.70 bits per heavy atom. The van der Waals surface area contributed by atoms with E-state index in [4.69, 9.17) is 15.4 Å². The molecule has 1 heterocycles. The topological polar surface area (TPSA) is 67.4 Å². The zero-order valence-electron chi connectivity index (χ0n) is 5.00. The Labute approximate surface area is 63.2 Å². The molecule has 1 aliphatic rings. The summed E-state index contributed by atoms with van der Waals surface area (Å²) >= 11 is 0. The Balaban J connectivity index is 2.38. The Bertz CT molecular complexity index is 198. The van der Waals surface area contributed by atoms with Gasteiger partial charge < -0.3 is 4.74 Å². The molecule has 0 aromatic rings. The van der Waals surface area contributed by atoms with E-state index in [2.05, 4.69) is 10.0 Å². The summed E-state index contributed by atoms with van der Waals surface area (Å²) in [5, 5.41) is 2.72. The van der Waals surface area contributed by atoms with Crippen molar-refractivity contribution in [3.63, 3.8) is 0 Å². The Morgan fingerprint density at radius 2 is 2.40 bits per heavy atom. The SMILES string of the molecule is O=S(=O)(Cl)NC1COCN1. The zero-order valence-corrected chi connectivity index (χ0v) is 6.57. The maximum absolute atomic E-state index is 10.3. The standard InChI is InChI=1S/C3H7ClN2O3S/c4-10(7,8)6-3-1-9-2-5-3/h3,5-6H,1-2H2. The molecular formula is C3H7ClN2O3S. The molecule has 1 unspecified atom stereocenters. The molecule has 10 heavy (non-hydrogen) atoms. The van der Waals surface area contributed by atoms with Crippen molar-refractivity contribution in [1.82, 2.24) is 10.0 Å². The van der Waals surface area contributed by atoms with Gasteiger partial charge in [0.1, 0.15) is 0 Å². The molecule has 0 aromatic carbocycles. The molecule has 0 radical (unpaired) electrons. The first-order chi connectivity index (χ1) is 4.58. The van der Waals surface area contributed by atoms with E-state index in [-0.39, 0.29) is 6.17 Å². The average Bonchev–Trinajstić information content (AvgIpc) is 2.12. The monoisotopic (exact) mass is 186 g/mol. The minimum Gasteiger partial charge on any atom is -0.363 e. The van der Waals surface area contributed by atoms with Crippen LogP contribution in [-0.2, 0) is 14.0 Å². The second kappa shape index (κ2) is 3.02. The normalized spacial score (nSPS) is 27.1. The summed E-state index contributed by atoms with van der Waals surface area (Å²) in [5.41, 5.74) is 0. The molecule has 1 aliphatic heterocycles. The highest BCUT2D eigenvalue weighted by Gasteiger charge is 2.18. The molecule has 0 saturated carbocycles. The molecule has 2 N–H and O–H groups in total. The maximum atomic E-state index is 10.3. The highest BCUT2D eigenvalue weighted by molar-refractivity contribution is 8.12. The second-order valence-electron chi connectivity index (χ2n) is 1.83. The summed E-state index contributed by atoms with van der Waals surface area (Å²) in [5.74, 6) is 0. The van der Waals surface area contributed by atoms with Crippen molar-refractivity contribution >= 4 is 19.9 Å². The van der Waals surface area contributed by atoms with Crippen molar-refractivity contribution < 1.29 is 13.2 Å². The van der Waals surface area contributed by atoms with Crippen LogP contribution in [0.2, 0.25) is 0 Å². The first-order valence-corrected chi connectivity index (χ1v) is 4.92. The molecule has 0 spiro atoms. The number of rotatable bonds is 2. The largest absolute Gasteiger partial charge is 0.363 e. The van der Waals surface area contributed by atoms with Crippen LogP contribution in [0.4, 0.5) is 0 Å². The summed E-state index contributed by atoms with van der Waals surface area (Å²) < 4.78 is 27.6. The van der Waals surface area contributed by atoms with Gasteiger partial charge in [0.2, 0.25) is 0 Å². The van der Waals surface area contributed by atoms with Gasteiger partial charge in [0.25, 0.3) is 9.24 Å². The first kappa shape index (κ1) is 8.22. The van der Waals surface area contributed by atoms with Gasteiger partial charge in [0.05, 0.1) is 19.5 Å². The third kappa shape index (κ3) is 2.80. The van der Waals surface area contributed by atoms with Crippen molar-refractivity contribution in [2.75, 3.05) is 13.3 Å². The number of ether oxygens (including phenoxy) is 1. The van der Waals surface area contributed by atoms with Crippen LogP contribution in [0.15, 0.2) is 0 Å². The van der Waals surface area contributed by atoms with Gasteiger partial charge >= 0.3 is 0 Å². The highest BCUT2D eigenvalue weighted by atomic mass is 35.7. The zero-order chi connectivity index (χ0) is 7.61.